The molecule has 72 heavy (non-hydrogen) atoms. The molecule has 0 radical (unpaired) electrons. The van der Waals surface area contributed by atoms with Gasteiger partial charge in [0.25, 0.3) is 0 Å². The second kappa shape index (κ2) is 62.4. The lowest BCUT2D eigenvalue weighted by Crippen LogP contribution is -2.45. The third-order valence-corrected chi connectivity index (χ3v) is 15.9. The number of aliphatic hydroxyl groups is 2. The van der Waals surface area contributed by atoms with Crippen LogP contribution < -0.4 is 5.32 Å². The van der Waals surface area contributed by atoms with Crippen molar-refractivity contribution in [3.63, 3.8) is 0 Å². The molecule has 0 saturated heterocycles. The monoisotopic (exact) mass is 1020 g/mol. The quantitative estimate of drug-likeness (QED) is 0.0417. The Labute approximate surface area is 451 Å². The van der Waals surface area contributed by atoms with Gasteiger partial charge in [-0.3, -0.25) is 9.59 Å². The Hall–Kier alpha value is -1.14. The van der Waals surface area contributed by atoms with Gasteiger partial charge in [0.1, 0.15) is 0 Å². The number of aliphatic hydroxyl groups excluding tert-OH is 2. The van der Waals surface area contributed by atoms with Crippen LogP contribution in [0.3, 0.4) is 0 Å². The molecule has 0 fully saturated rings. The topological polar surface area (TPSA) is 95.9 Å². The van der Waals surface area contributed by atoms with Crippen LogP contribution >= 0.6 is 0 Å². The Morgan fingerprint density at radius 2 is 0.569 bits per heavy atom. The van der Waals surface area contributed by atoms with Gasteiger partial charge in [0.2, 0.25) is 5.91 Å². The van der Waals surface area contributed by atoms with E-state index in [1.807, 2.05) is 0 Å². The molecule has 1 amide bonds. The molecule has 0 spiro atoms. The van der Waals surface area contributed by atoms with E-state index in [2.05, 4.69) is 19.2 Å². The van der Waals surface area contributed by atoms with Gasteiger partial charge in [-0.2, -0.15) is 0 Å². The number of nitrogens with one attached hydrogen (secondary N) is 1. The lowest BCUT2D eigenvalue weighted by Gasteiger charge is -2.22. The maximum absolute atomic E-state index is 12.5. The van der Waals surface area contributed by atoms with Gasteiger partial charge in [-0.05, 0) is 25.7 Å². The molecule has 0 aromatic rings. The predicted molar refractivity (Wildman–Crippen MR) is 315 cm³/mol. The van der Waals surface area contributed by atoms with Gasteiger partial charge < -0.3 is 20.3 Å². The smallest absolute Gasteiger partial charge is 0.305 e. The fourth-order valence-electron chi connectivity index (χ4n) is 10.8. The zero-order valence-electron chi connectivity index (χ0n) is 49.2. The summed E-state index contributed by atoms with van der Waals surface area (Å²) in [7, 11) is 0. The Morgan fingerprint density at radius 1 is 0.333 bits per heavy atom. The van der Waals surface area contributed by atoms with Crippen molar-refractivity contribution < 1.29 is 24.5 Å². The highest BCUT2D eigenvalue weighted by Crippen LogP contribution is 2.19. The van der Waals surface area contributed by atoms with Crippen LogP contribution in [0.5, 0.6) is 0 Å². The van der Waals surface area contributed by atoms with E-state index in [4.69, 9.17) is 4.74 Å². The fourth-order valence-corrected chi connectivity index (χ4v) is 10.8. The third-order valence-electron chi connectivity index (χ3n) is 15.9. The van der Waals surface area contributed by atoms with E-state index in [-0.39, 0.29) is 18.5 Å². The van der Waals surface area contributed by atoms with Crippen LogP contribution in [0.4, 0.5) is 0 Å². The molecule has 3 N–H and O–H groups in total. The molecule has 0 aromatic carbocycles. The first-order chi connectivity index (χ1) is 35.5. The summed E-state index contributed by atoms with van der Waals surface area (Å²) in [5.74, 6) is -0.0114. The molecule has 2 atom stereocenters. The molecule has 0 aliphatic heterocycles. The number of hydrogen-bond donors (Lipinski definition) is 3. The van der Waals surface area contributed by atoms with E-state index in [1.54, 1.807) is 0 Å². The van der Waals surface area contributed by atoms with E-state index in [0.29, 0.717) is 25.9 Å². The summed E-state index contributed by atoms with van der Waals surface area (Å²) in [5.41, 5.74) is 0. The summed E-state index contributed by atoms with van der Waals surface area (Å²) in [6.07, 6.45) is 74.1. The summed E-state index contributed by atoms with van der Waals surface area (Å²) in [4.78, 5) is 24.6. The molecule has 0 aliphatic rings. The van der Waals surface area contributed by atoms with Crippen molar-refractivity contribution in [2.75, 3.05) is 13.2 Å². The lowest BCUT2D eigenvalue weighted by molar-refractivity contribution is -0.143. The molecule has 6 heteroatoms. The molecular weight excluding hydrogens is 887 g/mol. The zero-order valence-corrected chi connectivity index (χ0v) is 49.2. The zero-order chi connectivity index (χ0) is 52.2. The van der Waals surface area contributed by atoms with Crippen LogP contribution in [0.1, 0.15) is 386 Å². The van der Waals surface area contributed by atoms with Gasteiger partial charge in [-0.1, -0.05) is 348 Å². The minimum absolute atomic E-state index is 0.0191. The average Bonchev–Trinajstić information content (AvgIpc) is 3.38. The lowest BCUT2D eigenvalue weighted by atomic mass is 10.0. The third kappa shape index (κ3) is 58.1. The Morgan fingerprint density at radius 3 is 0.847 bits per heavy atom. The van der Waals surface area contributed by atoms with E-state index >= 15 is 0 Å². The van der Waals surface area contributed by atoms with Crippen molar-refractivity contribution in [1.82, 2.24) is 5.32 Å². The standard InChI is InChI=1S/C66H131NO5/c1-3-5-7-9-11-13-15-17-19-30-34-38-42-46-50-54-58-64(69)63(62-68)67-65(70)59-55-51-47-43-39-35-31-28-26-24-22-21-23-25-27-29-33-37-41-45-49-53-57-61-72-66(71)60-56-52-48-44-40-36-32-20-18-16-14-12-10-8-6-4-2/h63-64,68-69H,3-62H2,1-2H3,(H,67,70). The van der Waals surface area contributed by atoms with Crippen molar-refractivity contribution in [3.05, 3.63) is 0 Å². The van der Waals surface area contributed by atoms with Crippen LogP contribution in [0.15, 0.2) is 0 Å². The maximum atomic E-state index is 12.5. The van der Waals surface area contributed by atoms with Crippen LogP contribution in [-0.2, 0) is 14.3 Å². The summed E-state index contributed by atoms with van der Waals surface area (Å²) < 4.78 is 5.50. The molecule has 430 valence electrons. The van der Waals surface area contributed by atoms with Crippen LogP contribution in [0, 0.1) is 0 Å². The van der Waals surface area contributed by atoms with Gasteiger partial charge in [0, 0.05) is 12.8 Å². The molecule has 0 saturated carbocycles. The molecule has 0 heterocycles. The number of carbonyl (C=O) groups is 2. The number of rotatable bonds is 63. The minimum Gasteiger partial charge on any atom is -0.466 e. The second-order valence-corrected chi connectivity index (χ2v) is 23.2. The molecular formula is C66H131NO5. The molecule has 6 nitrogen and oxygen atoms in total. The van der Waals surface area contributed by atoms with Crippen LogP contribution in [-0.4, -0.2) is 47.4 Å². The largest absolute Gasteiger partial charge is 0.466 e. The highest BCUT2D eigenvalue weighted by Gasteiger charge is 2.20. The number of hydrogen-bond acceptors (Lipinski definition) is 5. The van der Waals surface area contributed by atoms with Gasteiger partial charge in [-0.25, -0.2) is 0 Å². The summed E-state index contributed by atoms with van der Waals surface area (Å²) in [5, 5.41) is 23.3. The molecule has 0 aliphatic carbocycles. The van der Waals surface area contributed by atoms with Crippen molar-refractivity contribution in [2.45, 2.75) is 398 Å². The van der Waals surface area contributed by atoms with E-state index in [0.717, 1.165) is 38.5 Å². The summed E-state index contributed by atoms with van der Waals surface area (Å²) in [6.45, 7) is 5.00. The average molecular weight is 1020 g/mol. The summed E-state index contributed by atoms with van der Waals surface area (Å²) >= 11 is 0. The number of carbonyl (C=O) groups excluding carboxylic acids is 2. The van der Waals surface area contributed by atoms with Gasteiger partial charge in [0.05, 0.1) is 25.4 Å². The van der Waals surface area contributed by atoms with E-state index in [1.165, 1.54) is 315 Å². The van der Waals surface area contributed by atoms with Gasteiger partial charge in [0.15, 0.2) is 0 Å². The normalized spacial score (nSPS) is 12.4. The predicted octanol–water partition coefficient (Wildman–Crippen LogP) is 21.0. The maximum Gasteiger partial charge on any atom is 0.305 e. The molecule has 0 rings (SSSR count). The second-order valence-electron chi connectivity index (χ2n) is 23.2. The van der Waals surface area contributed by atoms with Gasteiger partial charge in [-0.15, -0.1) is 0 Å². The van der Waals surface area contributed by atoms with Crippen molar-refractivity contribution in [1.29, 1.82) is 0 Å². The Bertz CT molecular complexity index is 1040. The molecule has 0 aromatic heterocycles. The van der Waals surface area contributed by atoms with Crippen LogP contribution in [0.2, 0.25) is 0 Å². The highest BCUT2D eigenvalue weighted by molar-refractivity contribution is 5.76. The van der Waals surface area contributed by atoms with Gasteiger partial charge >= 0.3 is 5.97 Å². The number of amides is 1. The van der Waals surface area contributed by atoms with Crippen molar-refractivity contribution in [2.24, 2.45) is 0 Å². The van der Waals surface area contributed by atoms with Crippen molar-refractivity contribution in [3.8, 4) is 0 Å². The number of esters is 1. The molecule has 0 bridgehead atoms. The summed E-state index contributed by atoms with van der Waals surface area (Å²) in [6, 6.07) is -0.540. The van der Waals surface area contributed by atoms with Crippen molar-refractivity contribution >= 4 is 11.9 Å². The number of ether oxygens (including phenoxy) is 1. The number of unbranched alkanes of at least 4 members (excludes halogenated alkanes) is 52. The SMILES string of the molecule is CCCCCCCCCCCCCCCCCCC(=O)OCCCCCCCCCCCCCCCCCCCCCCCCCC(=O)NC(CO)C(O)CCCCCCCCCCCCCCCCCC. The van der Waals surface area contributed by atoms with Crippen LogP contribution in [0.25, 0.3) is 0 Å². The molecule has 2 unspecified atom stereocenters. The first-order valence-corrected chi connectivity index (χ1v) is 33.3. The van der Waals surface area contributed by atoms with E-state index in [9.17, 15) is 19.8 Å². The fraction of sp³-hybridized carbons (Fsp3) is 0.970. The minimum atomic E-state index is -0.663. The first kappa shape index (κ1) is 70.9. The first-order valence-electron chi connectivity index (χ1n) is 33.3. The highest BCUT2D eigenvalue weighted by atomic mass is 16.5. The Kier molecular flexibility index (Phi) is 61.4. The van der Waals surface area contributed by atoms with E-state index < -0.39 is 12.1 Å². The Balaban J connectivity index is 3.34.